The Kier molecular flexibility index (Phi) is 6.66. The predicted octanol–water partition coefficient (Wildman–Crippen LogP) is 3.77. The molecule has 31 heavy (non-hydrogen) atoms. The summed E-state index contributed by atoms with van der Waals surface area (Å²) in [6.45, 7) is 3.83. The number of furan rings is 1. The zero-order valence-corrected chi connectivity index (χ0v) is 18.2. The van der Waals surface area contributed by atoms with Gasteiger partial charge in [0.15, 0.2) is 0 Å². The van der Waals surface area contributed by atoms with Crippen molar-refractivity contribution in [2.45, 2.75) is 32.2 Å². The highest BCUT2D eigenvalue weighted by Gasteiger charge is 2.25. The Morgan fingerprint density at radius 3 is 2.68 bits per heavy atom. The summed E-state index contributed by atoms with van der Waals surface area (Å²) in [5, 5.41) is 5.90. The molecule has 1 aliphatic rings. The van der Waals surface area contributed by atoms with Crippen molar-refractivity contribution in [3.05, 3.63) is 59.5 Å². The Hall–Kier alpha value is -3.13. The van der Waals surface area contributed by atoms with E-state index in [1.54, 1.807) is 11.0 Å². The second-order valence-corrected chi connectivity index (χ2v) is 8.28. The van der Waals surface area contributed by atoms with E-state index in [0.29, 0.717) is 25.3 Å². The summed E-state index contributed by atoms with van der Waals surface area (Å²) >= 11 is 1.53. The van der Waals surface area contributed by atoms with E-state index in [4.69, 9.17) is 9.15 Å². The second-order valence-electron chi connectivity index (χ2n) is 7.42. The summed E-state index contributed by atoms with van der Waals surface area (Å²) in [6, 6.07) is 9.56. The van der Waals surface area contributed by atoms with Crippen molar-refractivity contribution in [1.82, 2.24) is 15.2 Å². The van der Waals surface area contributed by atoms with Crippen LogP contribution in [0.1, 0.15) is 35.8 Å². The van der Waals surface area contributed by atoms with Crippen LogP contribution in [0.4, 0.5) is 0 Å². The maximum atomic E-state index is 12.5. The Balaban J connectivity index is 1.25. The molecule has 1 saturated heterocycles. The zero-order valence-electron chi connectivity index (χ0n) is 17.4. The Morgan fingerprint density at radius 2 is 2.00 bits per heavy atom. The van der Waals surface area contributed by atoms with E-state index in [2.05, 4.69) is 10.3 Å². The minimum absolute atomic E-state index is 0.0252. The third-order valence-corrected chi connectivity index (χ3v) is 6.16. The zero-order chi connectivity index (χ0) is 21.6. The van der Waals surface area contributed by atoms with Crippen LogP contribution in [0.2, 0.25) is 0 Å². The van der Waals surface area contributed by atoms with Crippen LogP contribution in [0.25, 0.3) is 10.6 Å². The fourth-order valence-electron chi connectivity index (χ4n) is 3.62. The van der Waals surface area contributed by atoms with Crippen LogP contribution >= 0.6 is 11.3 Å². The van der Waals surface area contributed by atoms with Crippen molar-refractivity contribution in [2.24, 2.45) is 0 Å². The number of ether oxygens (including phenoxy) is 1. The van der Waals surface area contributed by atoms with Crippen LogP contribution in [0.3, 0.4) is 0 Å². The second kappa shape index (κ2) is 9.78. The van der Waals surface area contributed by atoms with Gasteiger partial charge < -0.3 is 19.4 Å². The number of thiazole rings is 1. The van der Waals surface area contributed by atoms with Crippen molar-refractivity contribution < 1.29 is 18.7 Å². The summed E-state index contributed by atoms with van der Waals surface area (Å²) < 4.78 is 10.5. The van der Waals surface area contributed by atoms with Crippen molar-refractivity contribution in [3.8, 4) is 16.3 Å². The standard InChI is InChI=1S/C23H25N3O4S/c1-2-30-20-5-3-16(4-6-20)22-25-19(15-31-22)13-21(27)24-18-7-10-26(11-8-18)23(28)17-9-12-29-14-17/h3-6,9,12,14-15,18H,2,7-8,10-11,13H2,1H3,(H,24,27). The molecule has 162 valence electrons. The summed E-state index contributed by atoms with van der Waals surface area (Å²) in [5.74, 6) is 0.769. The van der Waals surface area contributed by atoms with Gasteiger partial charge in [-0.05, 0) is 50.1 Å². The molecule has 0 saturated carbocycles. The molecule has 2 amide bonds. The first-order chi connectivity index (χ1) is 15.1. The average Bonchev–Trinajstić information content (AvgIpc) is 3.47. The highest BCUT2D eigenvalue weighted by Crippen LogP contribution is 2.26. The first kappa shape index (κ1) is 21.1. The van der Waals surface area contributed by atoms with E-state index in [0.717, 1.165) is 34.9 Å². The van der Waals surface area contributed by atoms with Gasteiger partial charge in [-0.25, -0.2) is 4.98 Å². The molecule has 2 aromatic heterocycles. The molecular formula is C23H25N3O4S. The molecule has 0 bridgehead atoms. The number of carbonyl (C=O) groups is 2. The van der Waals surface area contributed by atoms with Gasteiger partial charge in [0.05, 0.1) is 30.5 Å². The highest BCUT2D eigenvalue weighted by molar-refractivity contribution is 7.13. The molecule has 1 aliphatic heterocycles. The molecule has 3 aromatic rings. The largest absolute Gasteiger partial charge is 0.494 e. The molecule has 0 radical (unpaired) electrons. The predicted molar refractivity (Wildman–Crippen MR) is 118 cm³/mol. The van der Waals surface area contributed by atoms with E-state index >= 15 is 0 Å². The molecule has 7 nitrogen and oxygen atoms in total. The van der Waals surface area contributed by atoms with Crippen molar-refractivity contribution in [3.63, 3.8) is 0 Å². The van der Waals surface area contributed by atoms with E-state index in [-0.39, 0.29) is 24.3 Å². The Labute approximate surface area is 185 Å². The normalized spacial score (nSPS) is 14.4. The molecule has 4 rings (SSSR count). The number of benzene rings is 1. The lowest BCUT2D eigenvalue weighted by Gasteiger charge is -2.32. The highest BCUT2D eigenvalue weighted by atomic mass is 32.1. The van der Waals surface area contributed by atoms with Gasteiger partial charge >= 0.3 is 0 Å². The number of nitrogens with one attached hydrogen (secondary N) is 1. The molecule has 0 atom stereocenters. The lowest BCUT2D eigenvalue weighted by molar-refractivity contribution is -0.121. The molecular weight excluding hydrogens is 414 g/mol. The van der Waals surface area contributed by atoms with Crippen molar-refractivity contribution in [1.29, 1.82) is 0 Å². The fraction of sp³-hybridized carbons (Fsp3) is 0.348. The number of nitrogens with zero attached hydrogens (tertiary/aromatic N) is 2. The molecule has 1 fully saturated rings. The number of hydrogen-bond acceptors (Lipinski definition) is 6. The minimum atomic E-state index is -0.0387. The Morgan fingerprint density at radius 1 is 1.23 bits per heavy atom. The fourth-order valence-corrected chi connectivity index (χ4v) is 4.45. The van der Waals surface area contributed by atoms with Gasteiger partial charge in [0.1, 0.15) is 17.0 Å². The monoisotopic (exact) mass is 439 g/mol. The number of rotatable bonds is 7. The van der Waals surface area contributed by atoms with E-state index in [1.807, 2.05) is 36.6 Å². The van der Waals surface area contributed by atoms with Crippen molar-refractivity contribution >= 4 is 23.2 Å². The third-order valence-electron chi connectivity index (χ3n) is 5.22. The summed E-state index contributed by atoms with van der Waals surface area (Å²) in [6.07, 6.45) is 4.70. The van der Waals surface area contributed by atoms with Crippen LogP contribution < -0.4 is 10.1 Å². The molecule has 0 aliphatic carbocycles. The molecule has 0 spiro atoms. The Bertz CT molecular complexity index is 1010. The summed E-state index contributed by atoms with van der Waals surface area (Å²) in [4.78, 5) is 31.3. The van der Waals surface area contributed by atoms with Gasteiger partial charge in [0.2, 0.25) is 5.91 Å². The third kappa shape index (κ3) is 5.32. The van der Waals surface area contributed by atoms with Crippen LogP contribution in [0.5, 0.6) is 5.75 Å². The van der Waals surface area contributed by atoms with Gasteiger partial charge in [0.25, 0.3) is 5.91 Å². The number of likely N-dealkylation sites (tertiary alicyclic amines) is 1. The smallest absolute Gasteiger partial charge is 0.257 e. The number of aromatic nitrogens is 1. The van der Waals surface area contributed by atoms with E-state index < -0.39 is 0 Å². The summed E-state index contributed by atoms with van der Waals surface area (Å²) in [5.41, 5.74) is 2.34. The van der Waals surface area contributed by atoms with Crippen molar-refractivity contribution in [2.75, 3.05) is 19.7 Å². The molecule has 3 heterocycles. The van der Waals surface area contributed by atoms with Crippen LogP contribution in [0.15, 0.2) is 52.7 Å². The quantitative estimate of drug-likeness (QED) is 0.606. The molecule has 0 unspecified atom stereocenters. The summed E-state index contributed by atoms with van der Waals surface area (Å²) in [7, 11) is 0. The first-order valence-corrected chi connectivity index (χ1v) is 11.3. The van der Waals surface area contributed by atoms with Crippen LogP contribution in [-0.4, -0.2) is 47.4 Å². The number of amides is 2. The maximum absolute atomic E-state index is 12.5. The molecule has 1 aromatic carbocycles. The van der Waals surface area contributed by atoms with E-state index in [9.17, 15) is 9.59 Å². The van der Waals surface area contributed by atoms with Gasteiger partial charge in [0, 0.05) is 30.1 Å². The van der Waals surface area contributed by atoms with Gasteiger partial charge in [-0.3, -0.25) is 9.59 Å². The lowest BCUT2D eigenvalue weighted by Crippen LogP contribution is -2.46. The first-order valence-electron chi connectivity index (χ1n) is 10.4. The minimum Gasteiger partial charge on any atom is -0.494 e. The average molecular weight is 440 g/mol. The number of piperidine rings is 1. The van der Waals surface area contributed by atoms with Gasteiger partial charge in [-0.2, -0.15) is 0 Å². The van der Waals surface area contributed by atoms with E-state index in [1.165, 1.54) is 23.9 Å². The van der Waals surface area contributed by atoms with Gasteiger partial charge in [-0.1, -0.05) is 0 Å². The molecule has 8 heteroatoms. The number of carbonyl (C=O) groups excluding carboxylic acids is 2. The molecule has 1 N–H and O–H groups in total. The number of hydrogen-bond donors (Lipinski definition) is 1. The van der Waals surface area contributed by atoms with Crippen LogP contribution in [0, 0.1) is 0 Å². The topological polar surface area (TPSA) is 84.7 Å². The maximum Gasteiger partial charge on any atom is 0.257 e. The van der Waals surface area contributed by atoms with Gasteiger partial charge in [-0.15, -0.1) is 11.3 Å². The lowest BCUT2D eigenvalue weighted by atomic mass is 10.0. The SMILES string of the molecule is CCOc1ccc(-c2nc(CC(=O)NC3CCN(C(=O)c4ccoc4)CC3)cs2)cc1. The van der Waals surface area contributed by atoms with Crippen LogP contribution in [-0.2, 0) is 11.2 Å².